The third-order valence-corrected chi connectivity index (χ3v) is 7.08. The van der Waals surface area contributed by atoms with E-state index in [1.165, 1.54) is 55.6 Å². The molecule has 0 fully saturated rings. The van der Waals surface area contributed by atoms with E-state index in [2.05, 4.69) is 126 Å². The summed E-state index contributed by atoms with van der Waals surface area (Å²) >= 11 is -0.826. The van der Waals surface area contributed by atoms with Crippen LogP contribution in [-0.4, -0.2) is 0 Å². The van der Waals surface area contributed by atoms with Crippen molar-refractivity contribution in [3.8, 4) is 22.3 Å². The number of fused-ring (bicyclic) bond motifs is 6. The Morgan fingerprint density at radius 1 is 0.595 bits per heavy atom. The van der Waals surface area contributed by atoms with Crippen LogP contribution in [0.25, 0.3) is 22.3 Å². The van der Waals surface area contributed by atoms with Crippen molar-refractivity contribution < 1.29 is 20.8 Å². The molecule has 4 aromatic rings. The molecule has 3 heteroatoms. The molecule has 0 N–H and O–H groups in total. The SMILES string of the molecule is CC(C)(C)c1cc[c-]c2c1-c1ccccc1C2.CC(C)(C)c1cc[c-]c2c1-c1ccccc1C2.[Cl][Zr+2][Cl]. The minimum absolute atomic E-state index is 0.191. The van der Waals surface area contributed by atoms with Gasteiger partial charge in [0.25, 0.3) is 0 Å². The molecule has 0 saturated heterocycles. The predicted octanol–water partition coefficient (Wildman–Crippen LogP) is 10.1. The van der Waals surface area contributed by atoms with Gasteiger partial charge in [-0.1, -0.05) is 112 Å². The quantitative estimate of drug-likeness (QED) is 0.151. The van der Waals surface area contributed by atoms with Gasteiger partial charge in [0.2, 0.25) is 0 Å². The van der Waals surface area contributed by atoms with Gasteiger partial charge in [0.15, 0.2) is 0 Å². The Hall–Kier alpha value is -1.66. The van der Waals surface area contributed by atoms with Crippen molar-refractivity contribution in [1.29, 1.82) is 0 Å². The van der Waals surface area contributed by atoms with Crippen molar-refractivity contribution >= 4 is 17.0 Å². The molecule has 0 atom stereocenters. The van der Waals surface area contributed by atoms with E-state index < -0.39 is 20.8 Å². The first kappa shape index (κ1) is 28.4. The number of rotatable bonds is 0. The average Bonchev–Trinajstić information content (AvgIpc) is 3.42. The first-order chi connectivity index (χ1) is 17.6. The number of hydrogen-bond acceptors (Lipinski definition) is 0. The van der Waals surface area contributed by atoms with Crippen molar-refractivity contribution in [3.63, 3.8) is 0 Å². The van der Waals surface area contributed by atoms with E-state index in [4.69, 9.17) is 17.0 Å². The van der Waals surface area contributed by atoms with Gasteiger partial charge in [0.05, 0.1) is 0 Å². The van der Waals surface area contributed by atoms with E-state index in [9.17, 15) is 0 Å². The van der Waals surface area contributed by atoms with Gasteiger partial charge < -0.3 is 0 Å². The van der Waals surface area contributed by atoms with E-state index in [-0.39, 0.29) is 10.8 Å². The van der Waals surface area contributed by atoms with Crippen LogP contribution in [0.5, 0.6) is 0 Å². The van der Waals surface area contributed by atoms with E-state index in [0.29, 0.717) is 0 Å². The van der Waals surface area contributed by atoms with Gasteiger partial charge in [-0.05, 0) is 23.7 Å². The van der Waals surface area contributed by atoms with Gasteiger partial charge in [-0.25, -0.2) is 0 Å². The molecule has 37 heavy (non-hydrogen) atoms. The molecule has 0 saturated carbocycles. The monoisotopic (exact) mass is 602 g/mol. The summed E-state index contributed by atoms with van der Waals surface area (Å²) in [6.45, 7) is 13.7. The zero-order chi connectivity index (χ0) is 26.8. The van der Waals surface area contributed by atoms with E-state index in [1.54, 1.807) is 0 Å². The number of hydrogen-bond donors (Lipinski definition) is 0. The van der Waals surface area contributed by atoms with Crippen LogP contribution in [0, 0.1) is 12.1 Å². The topological polar surface area (TPSA) is 0 Å². The fourth-order valence-electron chi connectivity index (χ4n) is 5.45. The third kappa shape index (κ3) is 6.16. The van der Waals surface area contributed by atoms with Crippen LogP contribution in [0.3, 0.4) is 0 Å². The van der Waals surface area contributed by atoms with Crippen molar-refractivity contribution in [3.05, 3.63) is 118 Å². The van der Waals surface area contributed by atoms with Gasteiger partial charge >= 0.3 is 37.9 Å². The van der Waals surface area contributed by atoms with Crippen molar-refractivity contribution in [2.45, 2.75) is 65.2 Å². The summed E-state index contributed by atoms with van der Waals surface area (Å²) in [4.78, 5) is 0. The number of benzene rings is 4. The molecule has 0 aromatic heterocycles. The molecular formula is C34H34Cl2Zr. The maximum atomic E-state index is 4.93. The molecule has 188 valence electrons. The second-order valence-corrected chi connectivity index (χ2v) is 15.5. The van der Waals surface area contributed by atoms with Crippen LogP contribution in [0.1, 0.15) is 74.9 Å². The minimum atomic E-state index is -0.826. The Morgan fingerprint density at radius 2 is 0.946 bits per heavy atom. The van der Waals surface area contributed by atoms with Gasteiger partial charge in [-0.15, -0.1) is 33.4 Å². The van der Waals surface area contributed by atoms with Crippen molar-refractivity contribution in [2.75, 3.05) is 0 Å². The van der Waals surface area contributed by atoms with E-state index in [0.717, 1.165) is 12.8 Å². The second-order valence-electron chi connectivity index (χ2n) is 11.7. The molecule has 0 bridgehead atoms. The molecule has 0 nitrogen and oxygen atoms in total. The molecule has 0 radical (unpaired) electrons. The van der Waals surface area contributed by atoms with Crippen LogP contribution in [0.4, 0.5) is 0 Å². The Balaban J connectivity index is 0.000000157. The van der Waals surface area contributed by atoms with Crippen LogP contribution in [0.2, 0.25) is 0 Å². The zero-order valence-corrected chi connectivity index (χ0v) is 26.6. The summed E-state index contributed by atoms with van der Waals surface area (Å²) in [6.07, 6.45) is 2.07. The van der Waals surface area contributed by atoms with Gasteiger partial charge in [-0.2, -0.15) is 36.4 Å². The van der Waals surface area contributed by atoms with E-state index in [1.807, 2.05) is 0 Å². The summed E-state index contributed by atoms with van der Waals surface area (Å²) in [5, 5.41) is 0. The fraction of sp³-hybridized carbons (Fsp3) is 0.294. The second kappa shape index (κ2) is 11.6. The number of halogens is 2. The third-order valence-electron chi connectivity index (χ3n) is 7.08. The first-order valence-corrected chi connectivity index (χ1v) is 19.1. The normalized spacial score (nSPS) is 12.5. The van der Waals surface area contributed by atoms with Gasteiger partial charge in [0.1, 0.15) is 0 Å². The Kier molecular flexibility index (Phi) is 8.90. The zero-order valence-electron chi connectivity index (χ0n) is 22.6. The van der Waals surface area contributed by atoms with Crippen LogP contribution in [-0.2, 0) is 44.5 Å². The molecule has 0 aliphatic heterocycles. The summed E-state index contributed by atoms with van der Waals surface area (Å²) < 4.78 is 0. The molecule has 0 unspecified atom stereocenters. The molecule has 0 heterocycles. The summed E-state index contributed by atoms with van der Waals surface area (Å²) in [6, 6.07) is 32.9. The average molecular weight is 605 g/mol. The first-order valence-electron chi connectivity index (χ1n) is 12.8. The summed E-state index contributed by atoms with van der Waals surface area (Å²) in [5.41, 5.74) is 14.5. The molecule has 0 amide bonds. The molecule has 6 rings (SSSR count). The summed E-state index contributed by atoms with van der Waals surface area (Å²) in [7, 11) is 9.87. The molecule has 2 aliphatic carbocycles. The molecule has 4 aromatic carbocycles. The van der Waals surface area contributed by atoms with Crippen molar-refractivity contribution in [1.82, 2.24) is 0 Å². The van der Waals surface area contributed by atoms with Gasteiger partial charge in [0, 0.05) is 0 Å². The standard InChI is InChI=1S/2C17H17.2ClH.Zr/c2*1-17(2,3)15-10-6-8-13-11-12-7-4-5-9-14(12)16(13)15;;;/h2*4-7,9-10H,11H2,1-3H3;2*1H;/q2*-1;;;+4/p-2. The summed E-state index contributed by atoms with van der Waals surface area (Å²) in [5.74, 6) is 0. The Labute approximate surface area is 242 Å². The molecular weight excluding hydrogens is 571 g/mol. The van der Waals surface area contributed by atoms with Crippen LogP contribution < -0.4 is 0 Å². The van der Waals surface area contributed by atoms with Crippen molar-refractivity contribution in [2.24, 2.45) is 0 Å². The van der Waals surface area contributed by atoms with Crippen LogP contribution in [0.15, 0.2) is 72.8 Å². The Bertz CT molecular complexity index is 1280. The van der Waals surface area contributed by atoms with E-state index >= 15 is 0 Å². The predicted molar refractivity (Wildman–Crippen MR) is 156 cm³/mol. The fourth-order valence-corrected chi connectivity index (χ4v) is 5.45. The molecule has 0 spiro atoms. The Morgan fingerprint density at radius 3 is 1.30 bits per heavy atom. The van der Waals surface area contributed by atoms with Crippen LogP contribution >= 0.6 is 17.0 Å². The maximum absolute atomic E-state index is 4.93. The van der Waals surface area contributed by atoms with Gasteiger partial charge in [-0.3, -0.25) is 0 Å². The molecule has 2 aliphatic rings.